The number of carbonyl (C=O) groups excluding carboxylic acids is 1. The van der Waals surface area contributed by atoms with Crippen LogP contribution in [0.2, 0.25) is 0 Å². The molecule has 0 bridgehead atoms. The number of aromatic nitrogens is 6. The Labute approximate surface area is 181 Å². The molecule has 2 aliphatic carbocycles. The van der Waals surface area contributed by atoms with Crippen LogP contribution in [0.3, 0.4) is 0 Å². The van der Waals surface area contributed by atoms with Crippen molar-refractivity contribution in [3.63, 3.8) is 0 Å². The third kappa shape index (κ3) is 3.62. The standard InChI is InChI=1S/C20H23N7O3S/c1-2-7-26-16-15(18(29)23-19(26)30)12(8-13(22-16)10-3-4-10)17(28)21-9-14-24-25-20(31)27(14)11-5-6-11/h8,10-11H,2-7,9H2,1H3,(H,21,28)(H,25,31)(H,23,29,30). The van der Waals surface area contributed by atoms with Crippen molar-refractivity contribution in [2.45, 2.75) is 64.1 Å². The first-order valence-electron chi connectivity index (χ1n) is 10.6. The summed E-state index contributed by atoms with van der Waals surface area (Å²) in [6.45, 7) is 2.52. The molecule has 31 heavy (non-hydrogen) atoms. The molecule has 0 unspecified atom stereocenters. The molecule has 2 saturated carbocycles. The Hall–Kier alpha value is -3.08. The molecule has 10 nitrogen and oxygen atoms in total. The number of pyridine rings is 1. The van der Waals surface area contributed by atoms with E-state index in [-0.39, 0.29) is 29.1 Å². The van der Waals surface area contributed by atoms with Crippen molar-refractivity contribution in [3.8, 4) is 0 Å². The molecule has 0 aliphatic heterocycles. The number of amides is 1. The van der Waals surface area contributed by atoms with Crippen LogP contribution >= 0.6 is 12.2 Å². The summed E-state index contributed by atoms with van der Waals surface area (Å²) in [6.07, 6.45) is 4.74. The molecular weight excluding hydrogens is 418 g/mol. The molecule has 0 radical (unpaired) electrons. The Morgan fingerprint density at radius 2 is 2.06 bits per heavy atom. The molecule has 3 aromatic heterocycles. The molecule has 162 valence electrons. The second-order valence-corrected chi connectivity index (χ2v) is 8.59. The lowest BCUT2D eigenvalue weighted by atomic mass is 10.1. The molecular formula is C20H23N7O3S. The molecule has 0 spiro atoms. The van der Waals surface area contributed by atoms with Gasteiger partial charge in [-0.05, 0) is 50.4 Å². The number of hydrogen-bond donors (Lipinski definition) is 3. The van der Waals surface area contributed by atoms with Gasteiger partial charge in [0.05, 0.1) is 17.5 Å². The zero-order chi connectivity index (χ0) is 21.7. The highest BCUT2D eigenvalue weighted by Gasteiger charge is 2.30. The van der Waals surface area contributed by atoms with Crippen LogP contribution in [0.4, 0.5) is 0 Å². The maximum atomic E-state index is 13.2. The molecule has 2 aliphatic rings. The third-order valence-corrected chi connectivity index (χ3v) is 6.04. The van der Waals surface area contributed by atoms with Crippen molar-refractivity contribution in [3.05, 3.63) is 48.8 Å². The van der Waals surface area contributed by atoms with E-state index >= 15 is 0 Å². The fraction of sp³-hybridized carbons (Fsp3) is 0.500. The predicted molar refractivity (Wildman–Crippen MR) is 116 cm³/mol. The second-order valence-electron chi connectivity index (χ2n) is 8.21. The maximum Gasteiger partial charge on any atom is 0.329 e. The van der Waals surface area contributed by atoms with Gasteiger partial charge in [-0.1, -0.05) is 6.92 Å². The van der Waals surface area contributed by atoms with Crippen LogP contribution < -0.4 is 16.6 Å². The van der Waals surface area contributed by atoms with E-state index in [4.69, 9.17) is 12.2 Å². The van der Waals surface area contributed by atoms with Crippen molar-refractivity contribution in [1.29, 1.82) is 0 Å². The molecule has 5 rings (SSSR count). The molecule has 11 heteroatoms. The monoisotopic (exact) mass is 441 g/mol. The van der Waals surface area contributed by atoms with Gasteiger partial charge in [0.2, 0.25) is 0 Å². The Morgan fingerprint density at radius 1 is 1.29 bits per heavy atom. The lowest BCUT2D eigenvalue weighted by Crippen LogP contribution is -2.33. The first-order chi connectivity index (χ1) is 15.0. The fourth-order valence-electron chi connectivity index (χ4n) is 3.92. The van der Waals surface area contributed by atoms with E-state index in [2.05, 4.69) is 25.5 Å². The normalized spacial score (nSPS) is 16.0. The van der Waals surface area contributed by atoms with Crippen molar-refractivity contribution < 1.29 is 4.79 Å². The van der Waals surface area contributed by atoms with Crippen molar-refractivity contribution in [2.75, 3.05) is 0 Å². The van der Waals surface area contributed by atoms with Gasteiger partial charge in [0.25, 0.3) is 11.5 Å². The van der Waals surface area contributed by atoms with Crippen LogP contribution in [0.1, 0.15) is 72.9 Å². The molecule has 0 saturated heterocycles. The first-order valence-corrected chi connectivity index (χ1v) is 11.0. The van der Waals surface area contributed by atoms with Gasteiger partial charge in [-0.25, -0.2) is 9.78 Å². The smallest absolute Gasteiger partial charge is 0.329 e. The molecule has 3 heterocycles. The van der Waals surface area contributed by atoms with Crippen molar-refractivity contribution in [1.82, 2.24) is 34.6 Å². The summed E-state index contributed by atoms with van der Waals surface area (Å²) in [7, 11) is 0. The Morgan fingerprint density at radius 3 is 2.74 bits per heavy atom. The number of nitrogens with zero attached hydrogens (tertiary/aromatic N) is 4. The van der Waals surface area contributed by atoms with E-state index in [1.807, 2.05) is 11.5 Å². The van der Waals surface area contributed by atoms with Crippen molar-refractivity contribution in [2.24, 2.45) is 0 Å². The molecule has 0 atom stereocenters. The summed E-state index contributed by atoms with van der Waals surface area (Å²) < 4.78 is 3.91. The van der Waals surface area contributed by atoms with Gasteiger partial charge in [0, 0.05) is 24.2 Å². The van der Waals surface area contributed by atoms with Crippen LogP contribution in [0, 0.1) is 4.77 Å². The quantitative estimate of drug-likeness (QED) is 0.480. The van der Waals surface area contributed by atoms with E-state index in [0.717, 1.165) is 31.4 Å². The highest BCUT2D eigenvalue weighted by atomic mass is 32.1. The van der Waals surface area contributed by atoms with Crippen LogP contribution in [-0.2, 0) is 13.1 Å². The average molecular weight is 442 g/mol. The molecule has 3 aromatic rings. The summed E-state index contributed by atoms with van der Waals surface area (Å²) in [6, 6.07) is 2.01. The first kappa shape index (κ1) is 19.9. The number of H-pyrrole nitrogens is 2. The van der Waals surface area contributed by atoms with Gasteiger partial charge in [0.1, 0.15) is 0 Å². The van der Waals surface area contributed by atoms with E-state index < -0.39 is 17.2 Å². The number of hydrogen-bond acceptors (Lipinski definition) is 6. The van der Waals surface area contributed by atoms with E-state index in [9.17, 15) is 14.4 Å². The summed E-state index contributed by atoms with van der Waals surface area (Å²) >= 11 is 5.29. The molecule has 0 aromatic carbocycles. The SMILES string of the molecule is CCCn1c(=O)[nH]c(=O)c2c(C(=O)NCc3n[nH]c(=S)n3C3CC3)cc(C3CC3)nc21. The zero-order valence-corrected chi connectivity index (χ0v) is 17.9. The minimum absolute atomic E-state index is 0.135. The highest BCUT2D eigenvalue weighted by molar-refractivity contribution is 7.71. The largest absolute Gasteiger partial charge is 0.345 e. The van der Waals surface area contributed by atoms with Crippen LogP contribution in [0.25, 0.3) is 11.0 Å². The second kappa shape index (κ2) is 7.56. The van der Waals surface area contributed by atoms with Gasteiger partial charge in [-0.15, -0.1) is 0 Å². The minimum Gasteiger partial charge on any atom is -0.345 e. The predicted octanol–water partition coefficient (Wildman–Crippen LogP) is 1.89. The van der Waals surface area contributed by atoms with Gasteiger partial charge in [0.15, 0.2) is 16.2 Å². The van der Waals surface area contributed by atoms with E-state index in [1.165, 1.54) is 4.57 Å². The molecule has 2 fully saturated rings. The Balaban J connectivity index is 1.56. The lowest BCUT2D eigenvalue weighted by Gasteiger charge is -2.13. The number of carbonyl (C=O) groups is 1. The zero-order valence-electron chi connectivity index (χ0n) is 17.1. The topological polar surface area (TPSA) is 130 Å². The Bertz CT molecular complexity index is 1360. The minimum atomic E-state index is -0.604. The maximum absolute atomic E-state index is 13.2. The average Bonchev–Trinajstić information content (AvgIpc) is 3.67. The van der Waals surface area contributed by atoms with Gasteiger partial charge < -0.3 is 5.32 Å². The van der Waals surface area contributed by atoms with Crippen molar-refractivity contribution >= 4 is 29.2 Å². The fourth-order valence-corrected chi connectivity index (χ4v) is 4.22. The number of aryl methyl sites for hydroxylation is 1. The summed E-state index contributed by atoms with van der Waals surface area (Å²) in [4.78, 5) is 45.2. The molecule has 1 amide bonds. The molecule has 3 N–H and O–H groups in total. The number of rotatable bonds is 7. The van der Waals surface area contributed by atoms with Gasteiger partial charge >= 0.3 is 5.69 Å². The Kier molecular flexibility index (Phi) is 4.84. The summed E-state index contributed by atoms with van der Waals surface area (Å²) in [5.74, 6) is 0.503. The van der Waals surface area contributed by atoms with Crippen LogP contribution in [0.15, 0.2) is 15.7 Å². The van der Waals surface area contributed by atoms with Gasteiger partial charge in [-0.3, -0.25) is 28.8 Å². The summed E-state index contributed by atoms with van der Waals surface area (Å²) in [5.41, 5.74) is 0.128. The van der Waals surface area contributed by atoms with Crippen LogP contribution in [0.5, 0.6) is 0 Å². The third-order valence-electron chi connectivity index (χ3n) is 5.75. The van der Waals surface area contributed by atoms with E-state index in [1.54, 1.807) is 6.07 Å². The lowest BCUT2D eigenvalue weighted by molar-refractivity contribution is 0.0950. The highest BCUT2D eigenvalue weighted by Crippen LogP contribution is 2.40. The number of fused-ring (bicyclic) bond motifs is 1. The van der Waals surface area contributed by atoms with Gasteiger partial charge in [-0.2, -0.15) is 5.10 Å². The van der Waals surface area contributed by atoms with E-state index in [0.29, 0.717) is 29.6 Å². The summed E-state index contributed by atoms with van der Waals surface area (Å²) in [5, 5.41) is 10.0. The number of aromatic amines is 2. The number of nitrogens with one attached hydrogen (secondary N) is 3. The van der Waals surface area contributed by atoms with Crippen LogP contribution in [-0.4, -0.2) is 35.2 Å².